The highest BCUT2D eigenvalue weighted by atomic mass is 32.1. The lowest BCUT2D eigenvalue weighted by molar-refractivity contribution is -0.118. The normalized spacial score (nSPS) is 12.6. The minimum Gasteiger partial charge on any atom is -0.484 e. The van der Waals surface area contributed by atoms with Crippen molar-refractivity contribution in [2.75, 3.05) is 11.9 Å². The van der Waals surface area contributed by atoms with E-state index in [1.807, 2.05) is 18.2 Å². The molecule has 1 aliphatic carbocycles. The van der Waals surface area contributed by atoms with Crippen molar-refractivity contribution in [3.8, 4) is 5.75 Å². The molecule has 0 radical (unpaired) electrons. The Hall–Kier alpha value is -3.45. The summed E-state index contributed by atoms with van der Waals surface area (Å²) in [6, 6.07) is 15.7. The first kappa shape index (κ1) is 20.8. The predicted molar refractivity (Wildman–Crippen MR) is 120 cm³/mol. The number of rotatable bonds is 7. The van der Waals surface area contributed by atoms with Crippen LogP contribution in [0.25, 0.3) is 0 Å². The summed E-state index contributed by atoms with van der Waals surface area (Å²) in [6.45, 7) is -0.216. The van der Waals surface area contributed by atoms with Gasteiger partial charge >= 0.3 is 0 Å². The van der Waals surface area contributed by atoms with Crippen LogP contribution in [0.15, 0.2) is 54.6 Å². The van der Waals surface area contributed by atoms with Crippen molar-refractivity contribution in [1.29, 1.82) is 0 Å². The van der Waals surface area contributed by atoms with Crippen LogP contribution < -0.4 is 15.8 Å². The number of ether oxygens (including phenoxy) is 1. The average Bonchev–Trinajstić information content (AvgIpc) is 3.16. The predicted octanol–water partition coefficient (Wildman–Crippen LogP) is 3.97. The van der Waals surface area contributed by atoms with E-state index in [-0.39, 0.29) is 18.3 Å². The Morgan fingerprint density at radius 1 is 0.935 bits per heavy atom. The maximum Gasteiger partial charge on any atom is 0.262 e. The molecule has 3 aromatic rings. The number of aryl methyl sites for hydroxylation is 1. The number of benzene rings is 2. The lowest BCUT2D eigenvalue weighted by Gasteiger charge is -2.11. The number of anilines is 1. The molecule has 6 nitrogen and oxygen atoms in total. The van der Waals surface area contributed by atoms with Crippen molar-refractivity contribution < 1.29 is 19.1 Å². The third kappa shape index (κ3) is 4.67. The van der Waals surface area contributed by atoms with Crippen LogP contribution in [0.3, 0.4) is 0 Å². The van der Waals surface area contributed by atoms with Gasteiger partial charge in [0.15, 0.2) is 12.4 Å². The second kappa shape index (κ2) is 9.14. The number of nitrogens with one attached hydrogen (secondary N) is 1. The molecule has 0 unspecified atom stereocenters. The third-order valence-electron chi connectivity index (χ3n) is 5.19. The van der Waals surface area contributed by atoms with Crippen LogP contribution in [0.1, 0.15) is 49.6 Å². The molecule has 2 aromatic carbocycles. The Kier molecular flexibility index (Phi) is 6.13. The molecule has 3 N–H and O–H groups in total. The molecule has 0 saturated carbocycles. The first-order valence-electron chi connectivity index (χ1n) is 10.1. The number of hydrogen-bond donors (Lipinski definition) is 2. The molecule has 7 heteroatoms. The van der Waals surface area contributed by atoms with E-state index < -0.39 is 5.91 Å². The lowest BCUT2D eigenvalue weighted by Crippen LogP contribution is -2.22. The molecule has 1 heterocycles. The van der Waals surface area contributed by atoms with Gasteiger partial charge in [-0.3, -0.25) is 14.4 Å². The van der Waals surface area contributed by atoms with E-state index in [9.17, 15) is 14.4 Å². The highest BCUT2D eigenvalue weighted by Gasteiger charge is 2.25. The highest BCUT2D eigenvalue weighted by Crippen LogP contribution is 2.37. The molecular formula is C24H22N2O4S. The smallest absolute Gasteiger partial charge is 0.262 e. The molecule has 0 saturated heterocycles. The molecule has 31 heavy (non-hydrogen) atoms. The van der Waals surface area contributed by atoms with Gasteiger partial charge in [-0.25, -0.2) is 0 Å². The van der Waals surface area contributed by atoms with E-state index in [1.165, 1.54) is 11.3 Å². The van der Waals surface area contributed by atoms with Crippen molar-refractivity contribution in [3.63, 3.8) is 0 Å². The van der Waals surface area contributed by atoms with Crippen LogP contribution in [0.2, 0.25) is 0 Å². The molecule has 0 spiro atoms. The number of hydrogen-bond acceptors (Lipinski definition) is 5. The van der Waals surface area contributed by atoms with Crippen LogP contribution in [-0.4, -0.2) is 24.2 Å². The van der Waals surface area contributed by atoms with Crippen LogP contribution in [0, 0.1) is 0 Å². The molecule has 0 bridgehead atoms. The fourth-order valence-corrected chi connectivity index (χ4v) is 5.00. The molecule has 1 aliphatic rings. The van der Waals surface area contributed by atoms with E-state index in [1.54, 1.807) is 36.4 Å². The first-order chi connectivity index (χ1) is 15.0. The van der Waals surface area contributed by atoms with Crippen LogP contribution in [0.5, 0.6) is 5.75 Å². The summed E-state index contributed by atoms with van der Waals surface area (Å²) in [5.74, 6) is -0.495. The summed E-state index contributed by atoms with van der Waals surface area (Å²) in [5, 5.41) is 3.27. The number of thiophene rings is 1. The average molecular weight is 435 g/mol. The van der Waals surface area contributed by atoms with Gasteiger partial charge in [-0.15, -0.1) is 11.3 Å². The van der Waals surface area contributed by atoms with Crippen molar-refractivity contribution >= 4 is 33.9 Å². The second-order valence-corrected chi connectivity index (χ2v) is 8.44. The van der Waals surface area contributed by atoms with Gasteiger partial charge in [-0.2, -0.15) is 0 Å². The maximum absolute atomic E-state index is 12.5. The quantitative estimate of drug-likeness (QED) is 0.550. The minimum atomic E-state index is -0.519. The minimum absolute atomic E-state index is 0.0782. The summed E-state index contributed by atoms with van der Waals surface area (Å²) < 4.78 is 5.55. The zero-order valence-corrected chi connectivity index (χ0v) is 17.7. The van der Waals surface area contributed by atoms with E-state index in [4.69, 9.17) is 10.5 Å². The Labute approximate surface area is 184 Å². The number of ketones is 1. The van der Waals surface area contributed by atoms with Gasteiger partial charge in [0.25, 0.3) is 11.8 Å². The zero-order valence-electron chi connectivity index (χ0n) is 16.9. The number of amides is 2. The number of primary amides is 1. The topological polar surface area (TPSA) is 98.5 Å². The number of carbonyl (C=O) groups is 3. The first-order valence-corrected chi connectivity index (χ1v) is 10.9. The summed E-state index contributed by atoms with van der Waals surface area (Å²) >= 11 is 1.42. The molecule has 0 fully saturated rings. The van der Waals surface area contributed by atoms with Gasteiger partial charge in [0.05, 0.1) is 5.56 Å². The van der Waals surface area contributed by atoms with Gasteiger partial charge in [0.2, 0.25) is 0 Å². The summed E-state index contributed by atoms with van der Waals surface area (Å²) in [5.41, 5.74) is 8.11. The summed E-state index contributed by atoms with van der Waals surface area (Å²) in [6.07, 6.45) is 3.81. The Morgan fingerprint density at radius 3 is 2.32 bits per heavy atom. The third-order valence-corrected chi connectivity index (χ3v) is 6.40. The van der Waals surface area contributed by atoms with Crippen molar-refractivity contribution in [3.05, 3.63) is 81.7 Å². The number of nitrogens with two attached hydrogens (primary N) is 1. The summed E-state index contributed by atoms with van der Waals surface area (Å²) in [7, 11) is 0. The van der Waals surface area contributed by atoms with Gasteiger partial charge < -0.3 is 15.8 Å². The molecule has 2 amide bonds. The standard InChI is InChI=1S/C24H22N2O4S/c25-23(29)21-18-8-4-5-9-19(18)31-24(21)26-20(27)14-30-17-12-10-16(11-13-17)22(28)15-6-2-1-3-7-15/h1-3,6-7,10-13H,4-5,8-9,14H2,(H2,25,29)(H,26,27). The van der Waals surface area contributed by atoms with Crippen LogP contribution >= 0.6 is 11.3 Å². The zero-order chi connectivity index (χ0) is 21.8. The number of fused-ring (bicyclic) bond motifs is 1. The van der Waals surface area contributed by atoms with Crippen molar-refractivity contribution in [1.82, 2.24) is 0 Å². The molecule has 158 valence electrons. The molecule has 0 atom stereocenters. The highest BCUT2D eigenvalue weighted by molar-refractivity contribution is 7.17. The Morgan fingerprint density at radius 2 is 1.61 bits per heavy atom. The van der Waals surface area contributed by atoms with Crippen molar-refractivity contribution in [2.45, 2.75) is 25.7 Å². The molecule has 0 aliphatic heterocycles. The van der Waals surface area contributed by atoms with Gasteiger partial charge in [-0.05, 0) is 55.5 Å². The van der Waals surface area contributed by atoms with Gasteiger partial charge in [0, 0.05) is 16.0 Å². The van der Waals surface area contributed by atoms with Gasteiger partial charge in [0.1, 0.15) is 10.8 Å². The van der Waals surface area contributed by atoms with E-state index >= 15 is 0 Å². The van der Waals surface area contributed by atoms with E-state index in [0.29, 0.717) is 27.4 Å². The monoisotopic (exact) mass is 434 g/mol. The largest absolute Gasteiger partial charge is 0.484 e. The van der Waals surface area contributed by atoms with Crippen LogP contribution in [0.4, 0.5) is 5.00 Å². The fourth-order valence-electron chi connectivity index (χ4n) is 3.68. The van der Waals surface area contributed by atoms with Crippen molar-refractivity contribution in [2.24, 2.45) is 5.73 Å². The van der Waals surface area contributed by atoms with E-state index in [2.05, 4.69) is 5.32 Å². The molecule has 4 rings (SSSR count). The SMILES string of the molecule is NC(=O)c1c(NC(=O)COc2ccc(C(=O)c3ccccc3)cc2)sc2c1CCCC2. The van der Waals surface area contributed by atoms with Gasteiger partial charge in [-0.1, -0.05) is 30.3 Å². The Bertz CT molecular complexity index is 1120. The van der Waals surface area contributed by atoms with Crippen LogP contribution in [-0.2, 0) is 17.6 Å². The van der Waals surface area contributed by atoms with E-state index in [0.717, 1.165) is 36.1 Å². The Balaban J connectivity index is 1.38. The lowest BCUT2D eigenvalue weighted by atomic mass is 9.95. The number of carbonyl (C=O) groups excluding carboxylic acids is 3. The fraction of sp³-hybridized carbons (Fsp3) is 0.208. The molecule has 1 aromatic heterocycles. The maximum atomic E-state index is 12.5. The molecular weight excluding hydrogens is 412 g/mol. The second-order valence-electron chi connectivity index (χ2n) is 7.34. The summed E-state index contributed by atoms with van der Waals surface area (Å²) in [4.78, 5) is 37.9.